The summed E-state index contributed by atoms with van der Waals surface area (Å²) in [6.45, 7) is 0. The average Bonchev–Trinajstić information content (AvgIpc) is 2.97. The second-order valence-electron chi connectivity index (χ2n) is 4.43. The Labute approximate surface area is 104 Å². The van der Waals surface area contributed by atoms with Crippen molar-refractivity contribution in [3.8, 4) is 0 Å². The van der Waals surface area contributed by atoms with Gasteiger partial charge in [0.1, 0.15) is 11.3 Å². The molecule has 5 heteroatoms. The maximum absolute atomic E-state index is 11.7. The summed E-state index contributed by atoms with van der Waals surface area (Å²) >= 11 is 0. The fourth-order valence-electron chi connectivity index (χ4n) is 2.19. The maximum Gasteiger partial charge on any atom is 0.329 e. The molecular weight excluding hydrogens is 234 g/mol. The van der Waals surface area contributed by atoms with Crippen LogP contribution in [-0.2, 0) is 9.59 Å². The molecule has 2 rings (SSSR count). The van der Waals surface area contributed by atoms with E-state index >= 15 is 0 Å². The number of carboxylic acids is 1. The minimum Gasteiger partial charge on any atom is -0.480 e. The SMILES string of the molecule is O=C(/C=C/c1ccco1)NC1(C(=O)O)CCCC1. The van der Waals surface area contributed by atoms with Crippen LogP contribution in [0.4, 0.5) is 0 Å². The number of carbonyl (C=O) groups is 2. The summed E-state index contributed by atoms with van der Waals surface area (Å²) in [4.78, 5) is 22.9. The van der Waals surface area contributed by atoms with Gasteiger partial charge >= 0.3 is 5.97 Å². The third-order valence-corrected chi connectivity index (χ3v) is 3.17. The van der Waals surface area contributed by atoms with Crippen LogP contribution in [0.1, 0.15) is 31.4 Å². The molecule has 0 aliphatic heterocycles. The first kappa shape index (κ1) is 12.4. The van der Waals surface area contributed by atoms with Crippen LogP contribution in [0.3, 0.4) is 0 Å². The molecule has 0 radical (unpaired) electrons. The van der Waals surface area contributed by atoms with Crippen molar-refractivity contribution >= 4 is 18.0 Å². The summed E-state index contributed by atoms with van der Waals surface area (Å²) in [6.07, 6.45) is 6.95. The number of aliphatic carboxylic acids is 1. The summed E-state index contributed by atoms with van der Waals surface area (Å²) in [5.41, 5.74) is -1.09. The topological polar surface area (TPSA) is 79.5 Å². The highest BCUT2D eigenvalue weighted by Crippen LogP contribution is 2.29. The zero-order valence-electron chi connectivity index (χ0n) is 9.89. The summed E-state index contributed by atoms with van der Waals surface area (Å²) in [6, 6.07) is 3.43. The Morgan fingerprint density at radius 3 is 2.67 bits per heavy atom. The predicted octanol–water partition coefficient (Wildman–Crippen LogP) is 1.81. The third kappa shape index (κ3) is 2.61. The molecule has 1 heterocycles. The van der Waals surface area contributed by atoms with Crippen LogP contribution in [-0.4, -0.2) is 22.5 Å². The molecule has 0 bridgehead atoms. The van der Waals surface area contributed by atoms with Crippen molar-refractivity contribution in [2.24, 2.45) is 0 Å². The van der Waals surface area contributed by atoms with E-state index in [2.05, 4.69) is 5.32 Å². The lowest BCUT2D eigenvalue weighted by Gasteiger charge is -2.24. The minimum absolute atomic E-state index is 0.407. The predicted molar refractivity (Wildman–Crippen MR) is 64.7 cm³/mol. The van der Waals surface area contributed by atoms with Crippen LogP contribution < -0.4 is 5.32 Å². The van der Waals surface area contributed by atoms with Gasteiger partial charge in [-0.1, -0.05) is 12.8 Å². The molecule has 1 aromatic rings. The minimum atomic E-state index is -1.09. The monoisotopic (exact) mass is 249 g/mol. The molecule has 1 aromatic heterocycles. The molecule has 1 amide bonds. The number of rotatable bonds is 4. The van der Waals surface area contributed by atoms with Gasteiger partial charge in [0.05, 0.1) is 6.26 Å². The molecule has 1 aliphatic rings. The Kier molecular flexibility index (Phi) is 3.50. The van der Waals surface area contributed by atoms with Gasteiger partial charge in [-0.15, -0.1) is 0 Å². The van der Waals surface area contributed by atoms with Crippen molar-refractivity contribution in [2.45, 2.75) is 31.2 Å². The summed E-state index contributed by atoms with van der Waals surface area (Å²) in [7, 11) is 0. The summed E-state index contributed by atoms with van der Waals surface area (Å²) < 4.78 is 5.04. The summed E-state index contributed by atoms with van der Waals surface area (Å²) in [5, 5.41) is 11.8. The van der Waals surface area contributed by atoms with Gasteiger partial charge in [-0.3, -0.25) is 4.79 Å². The second-order valence-corrected chi connectivity index (χ2v) is 4.43. The number of carboxylic acid groups (broad SMARTS) is 1. The van der Waals surface area contributed by atoms with E-state index in [0.29, 0.717) is 18.6 Å². The Morgan fingerprint density at radius 1 is 1.39 bits per heavy atom. The first-order valence-electron chi connectivity index (χ1n) is 5.89. The molecule has 0 saturated heterocycles. The third-order valence-electron chi connectivity index (χ3n) is 3.17. The number of nitrogens with one attached hydrogen (secondary N) is 1. The molecule has 18 heavy (non-hydrogen) atoms. The Hall–Kier alpha value is -2.04. The average molecular weight is 249 g/mol. The van der Waals surface area contributed by atoms with Crippen LogP contribution in [0.15, 0.2) is 28.9 Å². The highest BCUT2D eigenvalue weighted by molar-refractivity contribution is 5.95. The molecule has 96 valence electrons. The molecule has 2 N–H and O–H groups in total. The number of carbonyl (C=O) groups excluding carboxylic acids is 1. The van der Waals surface area contributed by atoms with Crippen LogP contribution in [0.25, 0.3) is 6.08 Å². The summed E-state index contributed by atoms with van der Waals surface area (Å²) in [5.74, 6) is -0.809. The first-order valence-corrected chi connectivity index (χ1v) is 5.89. The normalized spacial score (nSPS) is 18.0. The Morgan fingerprint density at radius 2 is 2.11 bits per heavy atom. The smallest absolute Gasteiger partial charge is 0.329 e. The van der Waals surface area contributed by atoms with E-state index in [1.54, 1.807) is 12.1 Å². The second kappa shape index (κ2) is 5.08. The molecular formula is C13H15NO4. The van der Waals surface area contributed by atoms with Gasteiger partial charge in [0.25, 0.3) is 0 Å². The van der Waals surface area contributed by atoms with Crippen molar-refractivity contribution < 1.29 is 19.1 Å². The van der Waals surface area contributed by atoms with Crippen molar-refractivity contribution in [1.29, 1.82) is 0 Å². The quantitative estimate of drug-likeness (QED) is 0.797. The lowest BCUT2D eigenvalue weighted by Crippen LogP contribution is -2.52. The lowest BCUT2D eigenvalue weighted by atomic mass is 9.98. The highest BCUT2D eigenvalue weighted by Gasteiger charge is 2.42. The molecule has 0 spiro atoms. The highest BCUT2D eigenvalue weighted by atomic mass is 16.4. The van der Waals surface area contributed by atoms with Crippen molar-refractivity contribution in [1.82, 2.24) is 5.32 Å². The van der Waals surface area contributed by atoms with Crippen LogP contribution in [0.2, 0.25) is 0 Å². The number of hydrogen-bond acceptors (Lipinski definition) is 3. The van der Waals surface area contributed by atoms with E-state index in [0.717, 1.165) is 12.8 Å². The largest absolute Gasteiger partial charge is 0.480 e. The van der Waals surface area contributed by atoms with E-state index in [9.17, 15) is 14.7 Å². The van der Waals surface area contributed by atoms with Gasteiger partial charge in [-0.2, -0.15) is 0 Å². The number of furan rings is 1. The number of amides is 1. The van der Waals surface area contributed by atoms with Crippen LogP contribution in [0, 0.1) is 0 Å². The van der Waals surface area contributed by atoms with Crippen LogP contribution >= 0.6 is 0 Å². The molecule has 1 saturated carbocycles. The molecule has 0 aromatic carbocycles. The molecule has 1 aliphatic carbocycles. The van der Waals surface area contributed by atoms with Crippen LogP contribution in [0.5, 0.6) is 0 Å². The van der Waals surface area contributed by atoms with E-state index in [4.69, 9.17) is 4.42 Å². The lowest BCUT2D eigenvalue weighted by molar-refractivity contribution is -0.146. The van der Waals surface area contributed by atoms with E-state index in [-0.39, 0.29) is 0 Å². The molecule has 1 fully saturated rings. The van der Waals surface area contributed by atoms with Gasteiger partial charge < -0.3 is 14.8 Å². The van der Waals surface area contributed by atoms with Gasteiger partial charge in [0, 0.05) is 6.08 Å². The van der Waals surface area contributed by atoms with E-state index in [1.165, 1.54) is 18.4 Å². The number of hydrogen-bond donors (Lipinski definition) is 2. The van der Waals surface area contributed by atoms with Crippen molar-refractivity contribution in [3.63, 3.8) is 0 Å². The van der Waals surface area contributed by atoms with Crippen molar-refractivity contribution in [2.75, 3.05) is 0 Å². The van der Waals surface area contributed by atoms with E-state index < -0.39 is 17.4 Å². The van der Waals surface area contributed by atoms with Gasteiger partial charge in [0.15, 0.2) is 0 Å². The van der Waals surface area contributed by atoms with Crippen molar-refractivity contribution in [3.05, 3.63) is 30.2 Å². The fourth-order valence-corrected chi connectivity index (χ4v) is 2.19. The first-order chi connectivity index (χ1) is 8.62. The van der Waals surface area contributed by atoms with E-state index in [1.807, 2.05) is 0 Å². The molecule has 0 unspecified atom stereocenters. The maximum atomic E-state index is 11.7. The van der Waals surface area contributed by atoms with Gasteiger partial charge in [-0.05, 0) is 31.1 Å². The zero-order valence-corrected chi connectivity index (χ0v) is 9.89. The van der Waals surface area contributed by atoms with Gasteiger partial charge in [-0.25, -0.2) is 4.79 Å². The zero-order chi connectivity index (χ0) is 13.0. The van der Waals surface area contributed by atoms with Gasteiger partial charge in [0.2, 0.25) is 5.91 Å². The Bertz CT molecular complexity index is 455. The fraction of sp³-hybridized carbons (Fsp3) is 0.385. The standard InChI is InChI=1S/C13H15NO4/c15-11(6-5-10-4-3-9-18-10)14-13(12(16)17)7-1-2-8-13/h3-6,9H,1-2,7-8H2,(H,14,15)(H,16,17)/b6-5+. The molecule has 0 atom stereocenters. The molecule has 5 nitrogen and oxygen atoms in total. The Balaban J connectivity index is 2.00.